The number of methoxy groups -OCH3 is 1. The SMILES string of the molecule is COC(=O)[C@H](C)N1c2cc(Cl)ccc2[C@@H](C)CC1(C)C. The number of benzene rings is 1. The van der Waals surface area contributed by atoms with E-state index in [1.54, 1.807) is 0 Å². The second-order valence-electron chi connectivity index (χ2n) is 6.19. The average Bonchev–Trinajstić information content (AvgIpc) is 2.35. The molecule has 0 saturated carbocycles. The number of halogens is 1. The van der Waals surface area contributed by atoms with Gasteiger partial charge in [0.25, 0.3) is 0 Å². The van der Waals surface area contributed by atoms with Crippen LogP contribution in [0.3, 0.4) is 0 Å². The minimum absolute atomic E-state index is 0.120. The molecule has 0 unspecified atom stereocenters. The lowest BCUT2D eigenvalue weighted by Gasteiger charge is -2.49. The van der Waals surface area contributed by atoms with Gasteiger partial charge < -0.3 is 9.64 Å². The Bertz CT molecular complexity index is 527. The van der Waals surface area contributed by atoms with Crippen LogP contribution < -0.4 is 4.90 Å². The predicted molar refractivity (Wildman–Crippen MR) is 82.5 cm³/mol. The zero-order valence-electron chi connectivity index (χ0n) is 12.7. The van der Waals surface area contributed by atoms with E-state index >= 15 is 0 Å². The Hall–Kier alpha value is -1.22. The number of rotatable bonds is 2. The molecule has 0 spiro atoms. The molecule has 1 aliphatic rings. The topological polar surface area (TPSA) is 29.5 Å². The Labute approximate surface area is 125 Å². The van der Waals surface area contributed by atoms with Crippen LogP contribution in [0.4, 0.5) is 5.69 Å². The molecule has 3 nitrogen and oxygen atoms in total. The van der Waals surface area contributed by atoms with Crippen molar-refractivity contribution in [1.82, 2.24) is 0 Å². The van der Waals surface area contributed by atoms with E-state index in [4.69, 9.17) is 16.3 Å². The first-order valence-electron chi connectivity index (χ1n) is 6.94. The van der Waals surface area contributed by atoms with Crippen LogP contribution >= 0.6 is 11.6 Å². The van der Waals surface area contributed by atoms with E-state index in [1.165, 1.54) is 12.7 Å². The van der Waals surface area contributed by atoms with E-state index in [0.29, 0.717) is 10.9 Å². The molecule has 0 bridgehead atoms. The van der Waals surface area contributed by atoms with Gasteiger partial charge in [-0.05, 0) is 50.8 Å². The molecule has 20 heavy (non-hydrogen) atoms. The van der Waals surface area contributed by atoms with Crippen molar-refractivity contribution in [3.05, 3.63) is 28.8 Å². The number of hydrogen-bond acceptors (Lipinski definition) is 3. The molecule has 0 aliphatic carbocycles. The lowest BCUT2D eigenvalue weighted by molar-refractivity contribution is -0.142. The summed E-state index contributed by atoms with van der Waals surface area (Å²) in [5.74, 6) is 0.219. The predicted octanol–water partition coefficient (Wildman–Crippen LogP) is 3.99. The molecule has 0 aromatic heterocycles. The van der Waals surface area contributed by atoms with Crippen molar-refractivity contribution >= 4 is 23.3 Å². The summed E-state index contributed by atoms with van der Waals surface area (Å²) in [6.07, 6.45) is 0.989. The van der Waals surface area contributed by atoms with Crippen LogP contribution in [0.15, 0.2) is 18.2 Å². The Balaban J connectivity index is 2.56. The van der Waals surface area contributed by atoms with Gasteiger partial charge >= 0.3 is 5.97 Å². The van der Waals surface area contributed by atoms with Crippen molar-refractivity contribution in [2.75, 3.05) is 12.0 Å². The highest BCUT2D eigenvalue weighted by Gasteiger charge is 2.41. The number of nitrogens with zero attached hydrogens (tertiary/aromatic N) is 1. The van der Waals surface area contributed by atoms with Crippen LogP contribution in [-0.2, 0) is 9.53 Å². The zero-order chi connectivity index (χ0) is 15.1. The van der Waals surface area contributed by atoms with Crippen LogP contribution in [-0.4, -0.2) is 24.7 Å². The van der Waals surface area contributed by atoms with E-state index in [9.17, 15) is 4.79 Å². The smallest absolute Gasteiger partial charge is 0.328 e. The average molecular weight is 296 g/mol. The monoisotopic (exact) mass is 295 g/mol. The van der Waals surface area contributed by atoms with Crippen LogP contribution in [0, 0.1) is 0 Å². The summed E-state index contributed by atoms with van der Waals surface area (Å²) in [6.45, 7) is 8.42. The first-order valence-corrected chi connectivity index (χ1v) is 7.32. The van der Waals surface area contributed by atoms with Gasteiger partial charge in [0.1, 0.15) is 6.04 Å². The maximum atomic E-state index is 12.0. The molecule has 2 atom stereocenters. The van der Waals surface area contributed by atoms with Crippen molar-refractivity contribution in [1.29, 1.82) is 0 Å². The minimum atomic E-state index is -0.334. The normalized spacial score (nSPS) is 22.1. The largest absolute Gasteiger partial charge is 0.467 e. The maximum Gasteiger partial charge on any atom is 0.328 e. The molecule has 0 fully saturated rings. The lowest BCUT2D eigenvalue weighted by Crippen LogP contribution is -2.55. The van der Waals surface area contributed by atoms with E-state index < -0.39 is 0 Å². The number of ether oxygens (including phenoxy) is 1. The van der Waals surface area contributed by atoms with Gasteiger partial charge in [0, 0.05) is 16.2 Å². The summed E-state index contributed by atoms with van der Waals surface area (Å²) >= 11 is 6.16. The Morgan fingerprint density at radius 3 is 2.75 bits per heavy atom. The Morgan fingerprint density at radius 1 is 1.50 bits per heavy atom. The van der Waals surface area contributed by atoms with E-state index in [2.05, 4.69) is 31.7 Å². The number of fused-ring (bicyclic) bond motifs is 1. The molecule has 1 heterocycles. The molecular formula is C16H22ClNO2. The zero-order valence-corrected chi connectivity index (χ0v) is 13.5. The number of anilines is 1. The molecule has 0 radical (unpaired) electrons. The van der Waals surface area contributed by atoms with E-state index in [1.807, 2.05) is 19.1 Å². The summed E-state index contributed by atoms with van der Waals surface area (Å²) in [4.78, 5) is 14.1. The van der Waals surface area contributed by atoms with Gasteiger partial charge in [-0.3, -0.25) is 0 Å². The molecular weight excluding hydrogens is 274 g/mol. The van der Waals surface area contributed by atoms with Gasteiger partial charge in [-0.1, -0.05) is 24.6 Å². The summed E-state index contributed by atoms with van der Waals surface area (Å²) in [5, 5.41) is 0.690. The van der Waals surface area contributed by atoms with Crippen molar-refractivity contribution in [3.8, 4) is 0 Å². The molecule has 4 heteroatoms. The molecule has 1 aliphatic heterocycles. The van der Waals surface area contributed by atoms with Crippen molar-refractivity contribution in [3.63, 3.8) is 0 Å². The minimum Gasteiger partial charge on any atom is -0.467 e. The van der Waals surface area contributed by atoms with Gasteiger partial charge in [0.05, 0.1) is 7.11 Å². The highest BCUT2D eigenvalue weighted by atomic mass is 35.5. The summed E-state index contributed by atoms with van der Waals surface area (Å²) in [5.41, 5.74) is 2.16. The fourth-order valence-electron chi connectivity index (χ4n) is 3.43. The van der Waals surface area contributed by atoms with Crippen molar-refractivity contribution in [2.24, 2.45) is 0 Å². The lowest BCUT2D eigenvalue weighted by atomic mass is 9.79. The summed E-state index contributed by atoms with van der Waals surface area (Å²) in [6, 6.07) is 5.60. The number of carbonyl (C=O) groups is 1. The standard InChI is InChI=1S/C16H22ClNO2/c1-10-9-16(3,4)18(11(2)15(19)20-5)14-8-12(17)6-7-13(10)14/h6-8,10-11H,9H2,1-5H3/t10-,11-/m0/s1. The molecule has 0 amide bonds. The number of hydrogen-bond donors (Lipinski definition) is 0. The third-order valence-corrected chi connectivity index (χ3v) is 4.41. The van der Waals surface area contributed by atoms with Crippen LogP contribution in [0.2, 0.25) is 5.02 Å². The summed E-state index contributed by atoms with van der Waals surface area (Å²) < 4.78 is 4.92. The first kappa shape index (κ1) is 15.2. The van der Waals surface area contributed by atoms with Crippen molar-refractivity contribution < 1.29 is 9.53 Å². The fraction of sp³-hybridized carbons (Fsp3) is 0.562. The number of esters is 1. The fourth-order valence-corrected chi connectivity index (χ4v) is 3.60. The quantitative estimate of drug-likeness (QED) is 0.773. The molecule has 2 rings (SSSR count). The molecule has 1 aromatic carbocycles. The molecule has 110 valence electrons. The summed E-state index contributed by atoms with van der Waals surface area (Å²) in [7, 11) is 1.43. The molecule has 1 aromatic rings. The van der Waals surface area contributed by atoms with Gasteiger partial charge in [0.2, 0.25) is 0 Å². The third kappa shape index (κ3) is 2.51. The number of carbonyl (C=O) groups excluding carboxylic acids is 1. The highest BCUT2D eigenvalue weighted by molar-refractivity contribution is 6.30. The van der Waals surface area contributed by atoms with Gasteiger partial charge in [-0.25, -0.2) is 4.79 Å². The highest BCUT2D eigenvalue weighted by Crippen LogP contribution is 2.45. The second-order valence-corrected chi connectivity index (χ2v) is 6.63. The maximum absolute atomic E-state index is 12.0. The second kappa shape index (κ2) is 5.28. The Kier molecular flexibility index (Phi) is 4.01. The third-order valence-electron chi connectivity index (χ3n) is 4.17. The van der Waals surface area contributed by atoms with Crippen LogP contribution in [0.25, 0.3) is 0 Å². The van der Waals surface area contributed by atoms with Gasteiger partial charge in [0.15, 0.2) is 0 Å². The van der Waals surface area contributed by atoms with Crippen molar-refractivity contribution in [2.45, 2.75) is 51.6 Å². The van der Waals surface area contributed by atoms with E-state index in [-0.39, 0.29) is 17.6 Å². The first-order chi connectivity index (χ1) is 9.27. The van der Waals surface area contributed by atoms with Gasteiger partial charge in [-0.15, -0.1) is 0 Å². The molecule has 0 saturated heterocycles. The van der Waals surface area contributed by atoms with E-state index in [0.717, 1.165) is 12.1 Å². The van der Waals surface area contributed by atoms with Crippen LogP contribution in [0.5, 0.6) is 0 Å². The Morgan fingerprint density at radius 2 is 2.15 bits per heavy atom. The molecule has 0 N–H and O–H groups in total. The van der Waals surface area contributed by atoms with Crippen LogP contribution in [0.1, 0.15) is 45.6 Å². The van der Waals surface area contributed by atoms with Gasteiger partial charge in [-0.2, -0.15) is 0 Å².